The van der Waals surface area contributed by atoms with Crippen molar-refractivity contribution in [1.82, 2.24) is 5.32 Å². The molecule has 0 unspecified atom stereocenters. The number of halogens is 3. The Hall–Kier alpha value is -1.39. The van der Waals surface area contributed by atoms with Crippen molar-refractivity contribution in [2.45, 2.75) is 8.69 Å². The van der Waals surface area contributed by atoms with E-state index in [1.54, 1.807) is 17.8 Å². The van der Waals surface area contributed by atoms with E-state index in [1.165, 1.54) is 0 Å². The number of allylic oxidation sites excluding steroid dienone is 2. The molecule has 130 valence electrons. The minimum Gasteiger partial charge on any atom is -0.325 e. The van der Waals surface area contributed by atoms with Crippen LogP contribution in [0.15, 0.2) is 83.9 Å². The van der Waals surface area contributed by atoms with Crippen molar-refractivity contribution in [1.29, 1.82) is 0 Å². The first kappa shape index (κ1) is 19.9. The lowest BCUT2D eigenvalue weighted by molar-refractivity contribution is -0.119. The Labute approximate surface area is 166 Å². The van der Waals surface area contributed by atoms with E-state index in [0.29, 0.717) is 11.4 Å². The van der Waals surface area contributed by atoms with Crippen LogP contribution in [0.2, 0.25) is 0 Å². The van der Waals surface area contributed by atoms with Gasteiger partial charge in [0.05, 0.1) is 0 Å². The van der Waals surface area contributed by atoms with Gasteiger partial charge in [0, 0.05) is 16.3 Å². The summed E-state index contributed by atoms with van der Waals surface area (Å²) in [5, 5.41) is 2.67. The lowest BCUT2D eigenvalue weighted by atomic mass is 10.1. The molecule has 0 fully saturated rings. The maximum absolute atomic E-state index is 12.0. The van der Waals surface area contributed by atoms with Crippen LogP contribution in [-0.2, 0) is 4.79 Å². The van der Waals surface area contributed by atoms with Crippen molar-refractivity contribution in [3.05, 3.63) is 84.6 Å². The molecule has 0 bridgehead atoms. The zero-order valence-electron chi connectivity index (χ0n) is 13.2. The predicted octanol–water partition coefficient (Wildman–Crippen LogP) is 5.86. The quantitative estimate of drug-likeness (QED) is 0.365. The van der Waals surface area contributed by atoms with Crippen LogP contribution in [0.3, 0.4) is 0 Å². The second kappa shape index (κ2) is 9.35. The number of carbonyl (C=O) groups excluding carboxylic acids is 1. The van der Waals surface area contributed by atoms with Gasteiger partial charge in [0.1, 0.15) is 0 Å². The molecule has 0 aliphatic carbocycles. The third-order valence-electron chi connectivity index (χ3n) is 3.16. The van der Waals surface area contributed by atoms with E-state index >= 15 is 0 Å². The number of nitrogens with one attached hydrogen (secondary N) is 1. The maximum atomic E-state index is 12.0. The first-order valence-electron chi connectivity index (χ1n) is 7.37. The molecule has 0 atom stereocenters. The molecule has 1 amide bonds. The Balaban J connectivity index is 2.17. The van der Waals surface area contributed by atoms with Crippen LogP contribution in [0.4, 0.5) is 0 Å². The normalized spacial score (nSPS) is 11.9. The Morgan fingerprint density at radius 1 is 1.04 bits per heavy atom. The van der Waals surface area contributed by atoms with Gasteiger partial charge in [-0.1, -0.05) is 89.9 Å². The van der Waals surface area contributed by atoms with Gasteiger partial charge in [-0.15, -0.1) is 11.8 Å². The fourth-order valence-corrected chi connectivity index (χ4v) is 2.92. The lowest BCUT2D eigenvalue weighted by Crippen LogP contribution is -2.34. The first-order chi connectivity index (χ1) is 11.9. The van der Waals surface area contributed by atoms with Crippen LogP contribution in [0.1, 0.15) is 5.56 Å². The summed E-state index contributed by atoms with van der Waals surface area (Å²) in [5.41, 5.74) is 2.32. The number of hydrogen-bond donors (Lipinski definition) is 1. The smallest absolute Gasteiger partial charge is 0.276 e. The number of thioether (sulfide) groups is 1. The van der Waals surface area contributed by atoms with Crippen molar-refractivity contribution in [3.63, 3.8) is 0 Å². The summed E-state index contributed by atoms with van der Waals surface area (Å²) in [4.78, 5) is 13.1. The van der Waals surface area contributed by atoms with E-state index in [1.807, 2.05) is 60.7 Å². The molecule has 2 nitrogen and oxygen atoms in total. The molecular weight excluding hydrogens is 397 g/mol. The third kappa shape index (κ3) is 6.79. The van der Waals surface area contributed by atoms with Crippen LogP contribution in [0, 0.1) is 0 Å². The summed E-state index contributed by atoms with van der Waals surface area (Å²) in [6.07, 6.45) is 1.79. The van der Waals surface area contributed by atoms with Gasteiger partial charge in [-0.25, -0.2) is 0 Å². The number of carbonyl (C=O) groups is 1. The van der Waals surface area contributed by atoms with Gasteiger partial charge in [-0.3, -0.25) is 4.79 Å². The van der Waals surface area contributed by atoms with Crippen LogP contribution >= 0.6 is 46.6 Å². The van der Waals surface area contributed by atoms with E-state index in [-0.39, 0.29) is 0 Å². The van der Waals surface area contributed by atoms with Crippen molar-refractivity contribution in [2.75, 3.05) is 5.75 Å². The molecule has 2 rings (SSSR count). The van der Waals surface area contributed by atoms with Gasteiger partial charge >= 0.3 is 0 Å². The number of alkyl halides is 3. The Bertz CT molecular complexity index is 755. The average molecular weight is 413 g/mol. The Kier molecular flexibility index (Phi) is 7.45. The zero-order valence-corrected chi connectivity index (χ0v) is 16.3. The van der Waals surface area contributed by atoms with E-state index in [0.717, 1.165) is 16.0 Å². The number of rotatable bonds is 6. The summed E-state index contributed by atoms with van der Waals surface area (Å²) in [7, 11) is 0. The highest BCUT2D eigenvalue weighted by atomic mass is 35.6. The summed E-state index contributed by atoms with van der Waals surface area (Å²) in [6.45, 7) is 4.05. The fraction of sp³-hybridized carbons (Fsp3) is 0.105. The molecule has 2 aromatic carbocycles. The maximum Gasteiger partial charge on any atom is 0.276 e. The number of amides is 1. The molecule has 0 radical (unpaired) electrons. The van der Waals surface area contributed by atoms with Crippen LogP contribution in [0.25, 0.3) is 5.57 Å². The van der Waals surface area contributed by atoms with Gasteiger partial charge in [-0.2, -0.15) is 0 Å². The van der Waals surface area contributed by atoms with Crippen LogP contribution in [0.5, 0.6) is 0 Å². The molecule has 25 heavy (non-hydrogen) atoms. The molecule has 0 saturated carbocycles. The van der Waals surface area contributed by atoms with Crippen molar-refractivity contribution < 1.29 is 4.79 Å². The SMILES string of the molecule is C=C(/C=C(/CSc1ccccc1)NC(=O)C(Cl)(Cl)Cl)c1ccccc1. The number of hydrogen-bond acceptors (Lipinski definition) is 2. The summed E-state index contributed by atoms with van der Waals surface area (Å²) in [6, 6.07) is 19.5. The number of benzene rings is 2. The topological polar surface area (TPSA) is 29.1 Å². The standard InChI is InChI=1S/C19H16Cl3NOS/c1-14(15-8-4-2-5-9-15)12-16(23-18(24)19(20,21)22)13-25-17-10-6-3-7-11-17/h2-12H,1,13H2,(H,23,24)/b16-12-. The highest BCUT2D eigenvalue weighted by Gasteiger charge is 2.31. The molecule has 1 N–H and O–H groups in total. The first-order valence-corrected chi connectivity index (χ1v) is 9.49. The summed E-state index contributed by atoms with van der Waals surface area (Å²) in [5.74, 6) is -0.194. The largest absolute Gasteiger partial charge is 0.325 e. The van der Waals surface area contributed by atoms with E-state index in [9.17, 15) is 4.79 Å². The molecule has 0 aromatic heterocycles. The second-order valence-electron chi connectivity index (χ2n) is 5.11. The summed E-state index contributed by atoms with van der Waals surface area (Å²) >= 11 is 18.5. The van der Waals surface area contributed by atoms with Crippen molar-refractivity contribution >= 4 is 58.0 Å². The van der Waals surface area contributed by atoms with Gasteiger partial charge in [-0.05, 0) is 29.3 Å². The van der Waals surface area contributed by atoms with Crippen molar-refractivity contribution in [3.8, 4) is 0 Å². The fourth-order valence-electron chi connectivity index (χ4n) is 1.95. The highest BCUT2D eigenvalue weighted by Crippen LogP contribution is 2.27. The monoisotopic (exact) mass is 411 g/mol. The Morgan fingerprint density at radius 3 is 2.16 bits per heavy atom. The van der Waals surface area contributed by atoms with Gasteiger partial charge in [0.2, 0.25) is 0 Å². The Morgan fingerprint density at radius 2 is 1.60 bits per heavy atom. The molecule has 0 spiro atoms. The van der Waals surface area contributed by atoms with Crippen LogP contribution in [-0.4, -0.2) is 15.5 Å². The van der Waals surface area contributed by atoms with Crippen LogP contribution < -0.4 is 5.32 Å². The molecule has 0 aliphatic heterocycles. The molecule has 0 heterocycles. The highest BCUT2D eigenvalue weighted by molar-refractivity contribution is 7.99. The van der Waals surface area contributed by atoms with E-state index in [4.69, 9.17) is 34.8 Å². The minimum atomic E-state index is -2.02. The third-order valence-corrected chi connectivity index (χ3v) is 4.74. The molecule has 6 heteroatoms. The average Bonchev–Trinajstić information content (AvgIpc) is 2.60. The molecule has 0 aliphatic rings. The van der Waals surface area contributed by atoms with Crippen molar-refractivity contribution in [2.24, 2.45) is 0 Å². The van der Waals surface area contributed by atoms with E-state index < -0.39 is 9.70 Å². The van der Waals surface area contributed by atoms with Gasteiger partial charge in [0.15, 0.2) is 0 Å². The predicted molar refractivity (Wildman–Crippen MR) is 109 cm³/mol. The lowest BCUT2D eigenvalue weighted by Gasteiger charge is -2.15. The zero-order chi connectivity index (χ0) is 18.3. The summed E-state index contributed by atoms with van der Waals surface area (Å²) < 4.78 is -2.02. The molecular formula is C19H16Cl3NOS. The second-order valence-corrected chi connectivity index (χ2v) is 8.44. The molecule has 2 aromatic rings. The minimum absolute atomic E-state index is 0.502. The van der Waals surface area contributed by atoms with E-state index in [2.05, 4.69) is 11.9 Å². The molecule has 0 saturated heterocycles. The van der Waals surface area contributed by atoms with Gasteiger partial charge in [0.25, 0.3) is 9.70 Å². The van der Waals surface area contributed by atoms with Gasteiger partial charge < -0.3 is 5.32 Å².